The van der Waals surface area contributed by atoms with Crippen molar-refractivity contribution in [3.63, 3.8) is 0 Å². The van der Waals surface area contributed by atoms with Gasteiger partial charge >= 0.3 is 0 Å². The van der Waals surface area contributed by atoms with Crippen molar-refractivity contribution in [3.05, 3.63) is 23.9 Å². The molecule has 2 atom stereocenters. The summed E-state index contributed by atoms with van der Waals surface area (Å²) in [6, 6.07) is 6.11. The average Bonchev–Trinajstić information content (AvgIpc) is 2.47. The predicted molar refractivity (Wildman–Crippen MR) is 60.0 cm³/mol. The Hall–Kier alpha value is -0.760. The molecule has 0 amide bonds. The Morgan fingerprint density at radius 3 is 2.79 bits per heavy atom. The second-order valence-electron chi connectivity index (χ2n) is 4.04. The molecule has 1 saturated heterocycles. The SMILES string of the molecule is Cc1cccc(N2CC(C)C(Cl)C2)n1. The van der Waals surface area contributed by atoms with E-state index in [1.54, 1.807) is 0 Å². The van der Waals surface area contributed by atoms with Gasteiger partial charge in [-0.25, -0.2) is 4.98 Å². The summed E-state index contributed by atoms with van der Waals surface area (Å²) in [5, 5.41) is 0.261. The fourth-order valence-electron chi connectivity index (χ4n) is 1.82. The molecule has 0 radical (unpaired) electrons. The van der Waals surface area contributed by atoms with Gasteiger partial charge in [0.2, 0.25) is 0 Å². The van der Waals surface area contributed by atoms with Crippen molar-refractivity contribution < 1.29 is 0 Å². The van der Waals surface area contributed by atoms with Crippen LogP contribution in [0.1, 0.15) is 12.6 Å². The number of hydrogen-bond acceptors (Lipinski definition) is 2. The number of rotatable bonds is 1. The summed E-state index contributed by atoms with van der Waals surface area (Å²) >= 11 is 6.18. The van der Waals surface area contributed by atoms with Crippen LogP contribution in [0.4, 0.5) is 5.82 Å². The number of halogens is 1. The summed E-state index contributed by atoms with van der Waals surface area (Å²) in [7, 11) is 0. The van der Waals surface area contributed by atoms with E-state index in [9.17, 15) is 0 Å². The first-order valence-electron chi connectivity index (χ1n) is 4.99. The van der Waals surface area contributed by atoms with Crippen molar-refractivity contribution in [3.8, 4) is 0 Å². The Kier molecular flexibility index (Phi) is 2.64. The van der Waals surface area contributed by atoms with Gasteiger partial charge in [-0.05, 0) is 25.0 Å². The van der Waals surface area contributed by atoms with Crippen LogP contribution in [0.25, 0.3) is 0 Å². The molecule has 1 fully saturated rings. The lowest BCUT2D eigenvalue weighted by Gasteiger charge is -2.16. The Balaban J connectivity index is 2.17. The maximum atomic E-state index is 6.18. The molecular formula is C11H15ClN2. The maximum absolute atomic E-state index is 6.18. The van der Waals surface area contributed by atoms with Crippen LogP contribution in [-0.4, -0.2) is 23.5 Å². The van der Waals surface area contributed by atoms with Gasteiger partial charge in [0.25, 0.3) is 0 Å². The maximum Gasteiger partial charge on any atom is 0.128 e. The van der Waals surface area contributed by atoms with Crippen molar-refractivity contribution in [1.29, 1.82) is 0 Å². The Morgan fingerprint density at radius 2 is 2.21 bits per heavy atom. The van der Waals surface area contributed by atoms with Crippen LogP contribution in [0.5, 0.6) is 0 Å². The van der Waals surface area contributed by atoms with E-state index >= 15 is 0 Å². The zero-order valence-corrected chi connectivity index (χ0v) is 9.33. The van der Waals surface area contributed by atoms with E-state index in [-0.39, 0.29) is 5.38 Å². The van der Waals surface area contributed by atoms with Gasteiger partial charge in [0.05, 0.1) is 5.38 Å². The number of hydrogen-bond donors (Lipinski definition) is 0. The molecule has 0 aromatic carbocycles. The minimum Gasteiger partial charge on any atom is -0.355 e. The lowest BCUT2D eigenvalue weighted by atomic mass is 10.2. The highest BCUT2D eigenvalue weighted by atomic mass is 35.5. The summed E-state index contributed by atoms with van der Waals surface area (Å²) < 4.78 is 0. The summed E-state index contributed by atoms with van der Waals surface area (Å²) in [4.78, 5) is 6.75. The highest BCUT2D eigenvalue weighted by Crippen LogP contribution is 2.25. The topological polar surface area (TPSA) is 16.1 Å². The molecule has 1 aromatic rings. The fraction of sp³-hybridized carbons (Fsp3) is 0.545. The van der Waals surface area contributed by atoms with Crippen LogP contribution in [0.2, 0.25) is 0 Å². The third-order valence-electron chi connectivity index (χ3n) is 2.72. The van der Waals surface area contributed by atoms with Gasteiger partial charge in [-0.2, -0.15) is 0 Å². The number of nitrogens with zero attached hydrogens (tertiary/aromatic N) is 2. The number of alkyl halides is 1. The van der Waals surface area contributed by atoms with Crippen molar-refractivity contribution in [2.45, 2.75) is 19.2 Å². The number of anilines is 1. The van der Waals surface area contributed by atoms with Gasteiger partial charge in [0.15, 0.2) is 0 Å². The molecule has 3 heteroatoms. The van der Waals surface area contributed by atoms with E-state index in [0.717, 1.165) is 24.6 Å². The second-order valence-corrected chi connectivity index (χ2v) is 4.60. The molecule has 2 rings (SSSR count). The van der Waals surface area contributed by atoms with Crippen molar-refractivity contribution in [2.75, 3.05) is 18.0 Å². The first kappa shape index (κ1) is 9.78. The predicted octanol–water partition coefficient (Wildman–Crippen LogP) is 2.45. The third kappa shape index (κ3) is 1.85. The Morgan fingerprint density at radius 1 is 1.43 bits per heavy atom. The van der Waals surface area contributed by atoms with Crippen LogP contribution >= 0.6 is 11.6 Å². The van der Waals surface area contributed by atoms with Crippen molar-refractivity contribution >= 4 is 17.4 Å². The largest absolute Gasteiger partial charge is 0.355 e. The standard InChI is InChI=1S/C11H15ClN2/c1-8-6-14(7-10(8)12)11-5-3-4-9(2)13-11/h3-5,8,10H,6-7H2,1-2H3. The zero-order chi connectivity index (χ0) is 10.1. The smallest absolute Gasteiger partial charge is 0.128 e. The third-order valence-corrected chi connectivity index (χ3v) is 3.29. The van der Waals surface area contributed by atoms with E-state index in [1.165, 1.54) is 0 Å². The molecule has 2 heterocycles. The van der Waals surface area contributed by atoms with Crippen LogP contribution in [0.15, 0.2) is 18.2 Å². The number of aryl methyl sites for hydroxylation is 1. The molecule has 1 aliphatic rings. The molecule has 2 unspecified atom stereocenters. The second kappa shape index (κ2) is 3.77. The minimum atomic E-state index is 0.261. The Labute approximate surface area is 89.9 Å². The number of pyridine rings is 1. The van der Waals surface area contributed by atoms with Gasteiger partial charge in [0.1, 0.15) is 5.82 Å². The van der Waals surface area contributed by atoms with Crippen molar-refractivity contribution in [1.82, 2.24) is 4.98 Å². The average molecular weight is 211 g/mol. The molecule has 1 aliphatic heterocycles. The molecule has 0 spiro atoms. The summed E-state index contributed by atoms with van der Waals surface area (Å²) in [5.74, 6) is 1.61. The van der Waals surface area contributed by atoms with Crippen LogP contribution < -0.4 is 4.90 Å². The lowest BCUT2D eigenvalue weighted by Crippen LogP contribution is -2.21. The zero-order valence-electron chi connectivity index (χ0n) is 8.57. The van der Waals surface area contributed by atoms with E-state index < -0.39 is 0 Å². The molecule has 1 aromatic heterocycles. The summed E-state index contributed by atoms with van der Waals surface area (Å²) in [5.41, 5.74) is 1.06. The molecule has 0 N–H and O–H groups in total. The first-order valence-corrected chi connectivity index (χ1v) is 5.43. The molecule has 2 nitrogen and oxygen atoms in total. The quantitative estimate of drug-likeness (QED) is 0.662. The molecule has 0 bridgehead atoms. The number of aromatic nitrogens is 1. The lowest BCUT2D eigenvalue weighted by molar-refractivity contribution is 0.666. The monoisotopic (exact) mass is 210 g/mol. The van der Waals surface area contributed by atoms with Gasteiger partial charge in [-0.15, -0.1) is 11.6 Å². The summed E-state index contributed by atoms with van der Waals surface area (Å²) in [6.45, 7) is 6.14. The van der Waals surface area contributed by atoms with Crippen LogP contribution in [-0.2, 0) is 0 Å². The minimum absolute atomic E-state index is 0.261. The van der Waals surface area contributed by atoms with E-state index in [0.29, 0.717) is 5.92 Å². The van der Waals surface area contributed by atoms with Gasteiger partial charge in [0, 0.05) is 18.8 Å². The summed E-state index contributed by atoms with van der Waals surface area (Å²) in [6.07, 6.45) is 0. The van der Waals surface area contributed by atoms with Crippen LogP contribution in [0.3, 0.4) is 0 Å². The highest BCUT2D eigenvalue weighted by Gasteiger charge is 2.28. The highest BCUT2D eigenvalue weighted by molar-refractivity contribution is 6.21. The first-order chi connectivity index (χ1) is 6.66. The molecule has 0 aliphatic carbocycles. The molecule has 14 heavy (non-hydrogen) atoms. The normalized spacial score (nSPS) is 26.9. The van der Waals surface area contributed by atoms with E-state index in [2.05, 4.69) is 22.9 Å². The van der Waals surface area contributed by atoms with E-state index in [1.807, 2.05) is 19.1 Å². The van der Waals surface area contributed by atoms with Gasteiger partial charge in [-0.3, -0.25) is 0 Å². The van der Waals surface area contributed by atoms with Crippen molar-refractivity contribution in [2.24, 2.45) is 5.92 Å². The molecule has 0 saturated carbocycles. The molecule has 76 valence electrons. The van der Waals surface area contributed by atoms with E-state index in [4.69, 9.17) is 11.6 Å². The molecular weight excluding hydrogens is 196 g/mol. The van der Waals surface area contributed by atoms with Gasteiger partial charge in [-0.1, -0.05) is 13.0 Å². The van der Waals surface area contributed by atoms with Gasteiger partial charge < -0.3 is 4.90 Å². The Bertz CT molecular complexity index is 317. The van der Waals surface area contributed by atoms with Crippen LogP contribution in [0, 0.1) is 12.8 Å². The fourth-order valence-corrected chi connectivity index (χ4v) is 2.07.